The van der Waals surface area contributed by atoms with Gasteiger partial charge in [-0.3, -0.25) is 14.3 Å². The zero-order valence-corrected chi connectivity index (χ0v) is 18.8. The fourth-order valence-corrected chi connectivity index (χ4v) is 4.73. The number of hydrogen-bond donors (Lipinski definition) is 1. The number of nitrogens with zero attached hydrogens (tertiary/aromatic N) is 4. The van der Waals surface area contributed by atoms with Gasteiger partial charge in [0, 0.05) is 54.3 Å². The van der Waals surface area contributed by atoms with E-state index >= 15 is 0 Å². The third kappa shape index (κ3) is 3.55. The summed E-state index contributed by atoms with van der Waals surface area (Å²) in [5, 5.41) is 16.0. The number of piperazine rings is 1. The Morgan fingerprint density at radius 1 is 1.16 bits per heavy atom. The molecule has 1 saturated carbocycles. The Morgan fingerprint density at radius 3 is 2.62 bits per heavy atom. The van der Waals surface area contributed by atoms with Gasteiger partial charge in [-0.1, -0.05) is 23.7 Å². The minimum Gasteiger partial charge on any atom is -0.380 e. The summed E-state index contributed by atoms with van der Waals surface area (Å²) in [5.41, 5.74) is 2.21. The average molecular weight is 453 g/mol. The summed E-state index contributed by atoms with van der Waals surface area (Å²) in [7, 11) is 1.90. The van der Waals surface area contributed by atoms with Gasteiger partial charge in [0.2, 0.25) is 0 Å². The van der Waals surface area contributed by atoms with Crippen molar-refractivity contribution >= 4 is 34.3 Å². The van der Waals surface area contributed by atoms with Crippen molar-refractivity contribution in [3.8, 4) is 11.1 Å². The number of carbonyl (C=O) groups excluding carboxylic acids is 2. The van der Waals surface area contributed by atoms with Crippen LogP contribution >= 0.6 is 11.6 Å². The van der Waals surface area contributed by atoms with E-state index in [1.807, 2.05) is 49.1 Å². The molecule has 1 atom stereocenters. The standard InChI is InChI=1S/C24H25ClN4O3/c1-15-14-28(9-10-29(15)23(31)24(32)7-8-24)22(30)17-3-5-19(20(25)12-17)16-4-6-21-18(11-16)13-26-27(21)2/h3-6,11-13,15,32H,7-10,14H2,1-2H3/t15-/m0/s1. The van der Waals surface area contributed by atoms with Gasteiger partial charge in [0.25, 0.3) is 11.8 Å². The largest absolute Gasteiger partial charge is 0.380 e. The molecule has 2 fully saturated rings. The second kappa shape index (κ2) is 7.60. The van der Waals surface area contributed by atoms with Crippen molar-refractivity contribution in [3.05, 3.63) is 53.2 Å². The van der Waals surface area contributed by atoms with Gasteiger partial charge in [-0.05, 0) is 49.6 Å². The van der Waals surface area contributed by atoms with Crippen LogP contribution in [-0.2, 0) is 11.8 Å². The van der Waals surface area contributed by atoms with E-state index in [0.29, 0.717) is 43.1 Å². The first-order valence-electron chi connectivity index (χ1n) is 10.8. The number of hydrogen-bond acceptors (Lipinski definition) is 4. The van der Waals surface area contributed by atoms with E-state index in [-0.39, 0.29) is 17.9 Å². The summed E-state index contributed by atoms with van der Waals surface area (Å²) in [6.07, 6.45) is 2.87. The summed E-state index contributed by atoms with van der Waals surface area (Å²) in [6, 6.07) is 11.3. The maximum atomic E-state index is 13.1. The maximum absolute atomic E-state index is 13.1. The molecule has 8 heteroatoms. The van der Waals surface area contributed by atoms with Gasteiger partial charge in [0.05, 0.1) is 11.7 Å². The summed E-state index contributed by atoms with van der Waals surface area (Å²) in [4.78, 5) is 29.0. The molecule has 2 aromatic carbocycles. The number of carbonyl (C=O) groups is 2. The third-order valence-electron chi connectivity index (χ3n) is 6.57. The highest BCUT2D eigenvalue weighted by molar-refractivity contribution is 6.33. The maximum Gasteiger partial charge on any atom is 0.254 e. The number of rotatable bonds is 3. The van der Waals surface area contributed by atoms with Gasteiger partial charge in [0.1, 0.15) is 5.60 Å². The lowest BCUT2D eigenvalue weighted by Crippen LogP contribution is -2.57. The van der Waals surface area contributed by atoms with E-state index < -0.39 is 5.60 Å². The van der Waals surface area contributed by atoms with Gasteiger partial charge in [0.15, 0.2) is 0 Å². The van der Waals surface area contributed by atoms with Crippen LogP contribution in [0.15, 0.2) is 42.6 Å². The minimum atomic E-state index is -1.18. The van der Waals surface area contributed by atoms with Crippen LogP contribution in [-0.4, -0.2) is 67.8 Å². The molecule has 5 rings (SSSR count). The lowest BCUT2D eigenvalue weighted by molar-refractivity contribution is -0.146. The third-order valence-corrected chi connectivity index (χ3v) is 6.88. The van der Waals surface area contributed by atoms with Gasteiger partial charge in [-0.15, -0.1) is 0 Å². The fraction of sp³-hybridized carbons (Fsp3) is 0.375. The zero-order valence-electron chi connectivity index (χ0n) is 18.1. The molecule has 0 bridgehead atoms. The monoisotopic (exact) mass is 452 g/mol. The first-order chi connectivity index (χ1) is 15.3. The van der Waals surface area contributed by atoms with Gasteiger partial charge < -0.3 is 14.9 Å². The second-order valence-electron chi connectivity index (χ2n) is 8.87. The lowest BCUT2D eigenvalue weighted by atomic mass is 10.0. The van der Waals surface area contributed by atoms with Crippen molar-refractivity contribution in [1.82, 2.24) is 19.6 Å². The Kier molecular flexibility index (Phi) is 4.98. The van der Waals surface area contributed by atoms with Crippen LogP contribution in [0.3, 0.4) is 0 Å². The van der Waals surface area contributed by atoms with Crippen molar-refractivity contribution in [2.24, 2.45) is 7.05 Å². The molecule has 2 heterocycles. The SMILES string of the molecule is C[C@H]1CN(C(=O)c2ccc(-c3ccc4c(cnn4C)c3)c(Cl)c2)CCN1C(=O)C1(O)CC1. The van der Waals surface area contributed by atoms with Crippen molar-refractivity contribution in [2.75, 3.05) is 19.6 Å². The van der Waals surface area contributed by atoms with Crippen molar-refractivity contribution < 1.29 is 14.7 Å². The molecule has 0 spiro atoms. The summed E-state index contributed by atoms with van der Waals surface area (Å²) >= 11 is 6.58. The molecule has 2 aliphatic rings. The van der Waals surface area contributed by atoms with E-state index in [0.717, 1.165) is 22.0 Å². The summed E-state index contributed by atoms with van der Waals surface area (Å²) in [5.74, 6) is -0.319. The normalized spacial score (nSPS) is 19.9. The molecule has 1 N–H and O–H groups in total. The van der Waals surface area contributed by atoms with Crippen molar-refractivity contribution in [3.63, 3.8) is 0 Å². The molecule has 2 amide bonds. The number of aryl methyl sites for hydroxylation is 1. The predicted molar refractivity (Wildman–Crippen MR) is 122 cm³/mol. The van der Waals surface area contributed by atoms with Crippen LogP contribution < -0.4 is 0 Å². The highest BCUT2D eigenvalue weighted by atomic mass is 35.5. The van der Waals surface area contributed by atoms with Crippen molar-refractivity contribution in [2.45, 2.75) is 31.4 Å². The van der Waals surface area contributed by atoms with E-state index in [4.69, 9.17) is 11.6 Å². The molecule has 3 aromatic rings. The number of amides is 2. The summed E-state index contributed by atoms with van der Waals surface area (Å²) < 4.78 is 1.82. The highest BCUT2D eigenvalue weighted by Gasteiger charge is 2.51. The van der Waals surface area contributed by atoms with E-state index in [1.54, 1.807) is 21.9 Å². The number of halogens is 1. The Bertz CT molecular complexity index is 1230. The molecule has 0 unspecified atom stereocenters. The van der Waals surface area contributed by atoms with Crippen molar-refractivity contribution in [1.29, 1.82) is 0 Å². The lowest BCUT2D eigenvalue weighted by Gasteiger charge is -2.40. The van der Waals surface area contributed by atoms with Crippen LogP contribution in [0.1, 0.15) is 30.1 Å². The first kappa shape index (κ1) is 21.0. The van der Waals surface area contributed by atoms with E-state index in [9.17, 15) is 14.7 Å². The van der Waals surface area contributed by atoms with Gasteiger partial charge >= 0.3 is 0 Å². The van der Waals surface area contributed by atoms with Crippen LogP contribution in [0.4, 0.5) is 0 Å². The topological polar surface area (TPSA) is 78.7 Å². The molecule has 1 aliphatic carbocycles. The molecule has 0 radical (unpaired) electrons. The molecule has 166 valence electrons. The second-order valence-corrected chi connectivity index (χ2v) is 9.27. The van der Waals surface area contributed by atoms with Crippen LogP contribution in [0, 0.1) is 0 Å². The summed E-state index contributed by atoms with van der Waals surface area (Å²) in [6.45, 7) is 3.19. The van der Waals surface area contributed by atoms with Gasteiger partial charge in [-0.25, -0.2) is 0 Å². The van der Waals surface area contributed by atoms with Gasteiger partial charge in [-0.2, -0.15) is 5.10 Å². The molecule has 1 aliphatic heterocycles. The Morgan fingerprint density at radius 2 is 1.94 bits per heavy atom. The quantitative estimate of drug-likeness (QED) is 0.662. The fourth-order valence-electron chi connectivity index (χ4n) is 4.44. The Hall–Kier alpha value is -2.90. The minimum absolute atomic E-state index is 0.106. The highest BCUT2D eigenvalue weighted by Crippen LogP contribution is 2.38. The number of aromatic nitrogens is 2. The Balaban J connectivity index is 1.32. The molecule has 1 saturated heterocycles. The molecule has 32 heavy (non-hydrogen) atoms. The average Bonchev–Trinajstić information content (AvgIpc) is 3.44. The molecular weight excluding hydrogens is 428 g/mol. The van der Waals surface area contributed by atoms with E-state index in [1.165, 1.54) is 0 Å². The first-order valence-corrected chi connectivity index (χ1v) is 11.2. The Labute approximate surface area is 191 Å². The number of fused-ring (bicyclic) bond motifs is 1. The molecule has 1 aromatic heterocycles. The number of benzene rings is 2. The van der Waals surface area contributed by atoms with Crippen LogP contribution in [0.5, 0.6) is 0 Å². The van der Waals surface area contributed by atoms with E-state index in [2.05, 4.69) is 5.10 Å². The smallest absolute Gasteiger partial charge is 0.254 e. The van der Waals surface area contributed by atoms with Crippen LogP contribution in [0.2, 0.25) is 5.02 Å². The molecule has 7 nitrogen and oxygen atoms in total. The molecular formula is C24H25ClN4O3. The van der Waals surface area contributed by atoms with Crippen LogP contribution in [0.25, 0.3) is 22.0 Å². The predicted octanol–water partition coefficient (Wildman–Crippen LogP) is 3.09. The number of aliphatic hydroxyl groups is 1. The zero-order chi connectivity index (χ0) is 22.6.